The van der Waals surface area contributed by atoms with Gasteiger partial charge in [0, 0.05) is 32.1 Å². The first kappa shape index (κ1) is 28.3. The fourth-order valence-corrected chi connectivity index (χ4v) is 13.7. The van der Waals surface area contributed by atoms with Gasteiger partial charge in [0.1, 0.15) is 0 Å². The Bertz CT molecular complexity index is 1590. The Morgan fingerprint density at radius 3 is 1.35 bits per heavy atom. The number of hydrogen-bond donors (Lipinski definition) is 0. The number of Topliss-reactive ketones (excluding diaryl/α,β-unsaturated/α-hetero) is 4. The van der Waals surface area contributed by atoms with Crippen LogP contribution in [0, 0.1) is 13.8 Å². The molecule has 10 heteroatoms. The predicted molar refractivity (Wildman–Crippen MR) is 174 cm³/mol. The van der Waals surface area contributed by atoms with Gasteiger partial charge in [-0.3, -0.25) is 19.2 Å². The molecule has 2 aliphatic heterocycles. The van der Waals surface area contributed by atoms with Gasteiger partial charge in [-0.15, -0.1) is 23.5 Å². The zero-order chi connectivity index (χ0) is 28.3. The maximum Gasteiger partial charge on any atom is 0.199 e. The fourth-order valence-electron chi connectivity index (χ4n) is 4.96. The van der Waals surface area contributed by atoms with Gasteiger partial charge in [0.15, 0.2) is 23.1 Å². The minimum absolute atomic E-state index is 0.0560. The van der Waals surface area contributed by atoms with Gasteiger partial charge in [0.2, 0.25) is 0 Å². The van der Waals surface area contributed by atoms with E-state index in [0.29, 0.717) is 32.1 Å². The highest BCUT2D eigenvalue weighted by Crippen LogP contribution is 2.66. The van der Waals surface area contributed by atoms with Crippen LogP contribution in [0.15, 0.2) is 74.3 Å². The standard InChI is InChI=1S/C30H22O4S6/c1-5-35-27-28(36-6-2)40-30(39-27)29-37-25(19-21(31)15-11-7-9-13(3)17(15)23(19)33)26(38-29)20-22(32)16-12-8-10-14(4)18(16)24(20)34/h7-12H,5-6H2,1-4H3/b25-19+,26-20+. The van der Waals surface area contributed by atoms with E-state index in [4.69, 9.17) is 0 Å². The summed E-state index contributed by atoms with van der Waals surface area (Å²) in [6.07, 6.45) is 0. The summed E-state index contributed by atoms with van der Waals surface area (Å²) in [5.41, 5.74) is 3.15. The van der Waals surface area contributed by atoms with Crippen molar-refractivity contribution in [1.82, 2.24) is 0 Å². The molecular weight excluding hydrogens is 617 g/mol. The molecule has 0 bridgehead atoms. The third kappa shape index (κ3) is 4.46. The fraction of sp³-hybridized carbons (Fsp3) is 0.200. The maximum absolute atomic E-state index is 13.8. The Labute approximate surface area is 258 Å². The molecule has 4 aliphatic rings. The summed E-state index contributed by atoms with van der Waals surface area (Å²) in [4.78, 5) is 55.8. The van der Waals surface area contributed by atoms with Crippen molar-refractivity contribution in [2.75, 3.05) is 11.5 Å². The normalized spacial score (nSPS) is 22.4. The van der Waals surface area contributed by atoms with E-state index in [9.17, 15) is 19.2 Å². The number of rotatable bonds is 4. The molecule has 40 heavy (non-hydrogen) atoms. The second-order valence-electron chi connectivity index (χ2n) is 9.14. The summed E-state index contributed by atoms with van der Waals surface area (Å²) in [5.74, 6) is 0.517. The Morgan fingerprint density at radius 2 is 0.975 bits per heavy atom. The van der Waals surface area contributed by atoms with Crippen molar-refractivity contribution in [3.8, 4) is 0 Å². The highest BCUT2D eigenvalue weighted by atomic mass is 32.3. The van der Waals surface area contributed by atoms with E-state index in [0.717, 1.165) is 31.1 Å². The van der Waals surface area contributed by atoms with Crippen molar-refractivity contribution in [2.24, 2.45) is 0 Å². The molecule has 4 nitrogen and oxygen atoms in total. The molecule has 0 N–H and O–H groups in total. The quantitative estimate of drug-likeness (QED) is 0.239. The molecule has 202 valence electrons. The monoisotopic (exact) mass is 638 g/mol. The molecule has 2 aliphatic carbocycles. The number of carbonyl (C=O) groups is 4. The Hall–Kier alpha value is -1.82. The summed E-state index contributed by atoms with van der Waals surface area (Å²) in [5, 5.41) is 0. The summed E-state index contributed by atoms with van der Waals surface area (Å²) in [7, 11) is 0. The molecule has 0 saturated carbocycles. The number of allylic oxidation sites excluding steroid dienone is 2. The van der Waals surface area contributed by atoms with Crippen LogP contribution in [0.3, 0.4) is 0 Å². The number of hydrogen-bond acceptors (Lipinski definition) is 10. The van der Waals surface area contributed by atoms with Gasteiger partial charge in [-0.1, -0.05) is 97.3 Å². The minimum atomic E-state index is -0.350. The Morgan fingerprint density at radius 1 is 0.575 bits per heavy atom. The molecule has 2 heterocycles. The molecule has 2 aromatic rings. The average molecular weight is 639 g/mol. The minimum Gasteiger partial charge on any atom is -0.288 e. The molecule has 0 spiro atoms. The zero-order valence-corrected chi connectivity index (χ0v) is 26.9. The molecule has 2 aromatic carbocycles. The molecular formula is C30H22O4S6. The van der Waals surface area contributed by atoms with Gasteiger partial charge in [0.05, 0.1) is 28.1 Å². The number of ketones is 4. The maximum atomic E-state index is 13.8. The number of carbonyl (C=O) groups excluding carboxylic acids is 4. The van der Waals surface area contributed by atoms with Crippen molar-refractivity contribution < 1.29 is 19.2 Å². The largest absolute Gasteiger partial charge is 0.288 e. The van der Waals surface area contributed by atoms with E-state index < -0.39 is 0 Å². The number of aryl methyl sites for hydroxylation is 2. The molecule has 6 rings (SSSR count). The van der Waals surface area contributed by atoms with E-state index in [-0.39, 0.29) is 34.3 Å². The van der Waals surface area contributed by atoms with Crippen molar-refractivity contribution in [3.05, 3.63) is 108 Å². The number of benzene rings is 2. The molecule has 0 radical (unpaired) electrons. The van der Waals surface area contributed by atoms with E-state index >= 15 is 0 Å². The second-order valence-corrected chi connectivity index (χ2v) is 16.8. The van der Waals surface area contributed by atoms with Crippen molar-refractivity contribution in [2.45, 2.75) is 27.7 Å². The van der Waals surface area contributed by atoms with Gasteiger partial charge in [0.25, 0.3) is 0 Å². The zero-order valence-electron chi connectivity index (χ0n) is 22.0. The van der Waals surface area contributed by atoms with Crippen LogP contribution in [0.1, 0.15) is 66.4 Å². The van der Waals surface area contributed by atoms with E-state index in [1.807, 2.05) is 26.0 Å². The molecule has 0 aromatic heterocycles. The lowest BCUT2D eigenvalue weighted by Gasteiger charge is -2.05. The third-order valence-electron chi connectivity index (χ3n) is 6.70. The van der Waals surface area contributed by atoms with Crippen LogP contribution in [-0.2, 0) is 0 Å². The number of fused-ring (bicyclic) bond motifs is 2. The number of thioether (sulfide) groups is 6. The van der Waals surface area contributed by atoms with Crippen LogP contribution < -0.4 is 0 Å². The third-order valence-corrected chi connectivity index (χ3v) is 15.1. The van der Waals surface area contributed by atoms with Crippen LogP contribution in [0.4, 0.5) is 0 Å². The Balaban J connectivity index is 1.55. The van der Waals surface area contributed by atoms with Gasteiger partial charge < -0.3 is 0 Å². The lowest BCUT2D eigenvalue weighted by atomic mass is 10.0. The van der Waals surface area contributed by atoms with Crippen LogP contribution in [0.25, 0.3) is 0 Å². The predicted octanol–water partition coefficient (Wildman–Crippen LogP) is 8.99. The van der Waals surface area contributed by atoms with Crippen LogP contribution in [0.2, 0.25) is 0 Å². The van der Waals surface area contributed by atoms with Gasteiger partial charge in [-0.2, -0.15) is 0 Å². The van der Waals surface area contributed by atoms with Gasteiger partial charge in [-0.25, -0.2) is 0 Å². The van der Waals surface area contributed by atoms with Crippen molar-refractivity contribution in [1.29, 1.82) is 0 Å². The van der Waals surface area contributed by atoms with Crippen LogP contribution in [-0.4, -0.2) is 34.6 Å². The first-order valence-electron chi connectivity index (χ1n) is 12.6. The SMILES string of the molecule is CCSC1=C(SCC)SC(=C2SC(=C3\C(=O)c4cccc(C)c4C3=O)/C(=C3/C(=O)c4cccc(C)c4C3=O)S2)S1. The van der Waals surface area contributed by atoms with Gasteiger partial charge in [-0.05, 0) is 36.5 Å². The molecule has 1 fully saturated rings. The summed E-state index contributed by atoms with van der Waals surface area (Å²) >= 11 is 9.66. The second kappa shape index (κ2) is 11.1. The molecule has 0 amide bonds. The van der Waals surface area contributed by atoms with Crippen molar-refractivity contribution in [3.63, 3.8) is 0 Å². The molecule has 0 unspecified atom stereocenters. The lowest BCUT2D eigenvalue weighted by Crippen LogP contribution is -2.08. The summed E-state index contributed by atoms with van der Waals surface area (Å²) < 4.78 is 4.42. The van der Waals surface area contributed by atoms with Crippen LogP contribution in [0.5, 0.6) is 0 Å². The lowest BCUT2D eigenvalue weighted by molar-refractivity contribution is 0.0969. The van der Waals surface area contributed by atoms with Gasteiger partial charge >= 0.3 is 0 Å². The highest BCUT2D eigenvalue weighted by Gasteiger charge is 2.45. The van der Waals surface area contributed by atoms with E-state index in [1.165, 1.54) is 32.0 Å². The van der Waals surface area contributed by atoms with Crippen molar-refractivity contribution >= 4 is 93.7 Å². The molecule has 0 atom stereocenters. The van der Waals surface area contributed by atoms with Crippen LogP contribution >= 0.6 is 70.6 Å². The van der Waals surface area contributed by atoms with E-state index in [2.05, 4.69) is 13.8 Å². The smallest absolute Gasteiger partial charge is 0.199 e. The first-order chi connectivity index (χ1) is 19.3. The first-order valence-corrected chi connectivity index (χ1v) is 17.8. The Kier molecular flexibility index (Phi) is 7.86. The summed E-state index contributed by atoms with van der Waals surface area (Å²) in [6.45, 7) is 7.89. The van der Waals surface area contributed by atoms with E-state index in [1.54, 1.807) is 71.3 Å². The highest BCUT2D eigenvalue weighted by molar-refractivity contribution is 8.42. The summed E-state index contributed by atoms with van der Waals surface area (Å²) in [6, 6.07) is 10.5. The average Bonchev–Trinajstić information content (AvgIpc) is 3.65. The molecule has 1 saturated heterocycles. The topological polar surface area (TPSA) is 68.3 Å².